The first-order valence-corrected chi connectivity index (χ1v) is 13.5. The van der Waals surface area contributed by atoms with E-state index in [1.807, 2.05) is 0 Å². The number of methoxy groups -OCH3 is 1. The molecule has 0 radical (unpaired) electrons. The minimum Gasteiger partial charge on any atom is -0.469 e. The number of rotatable bonds is 6. The fourth-order valence-corrected chi connectivity index (χ4v) is 8.60. The first kappa shape index (κ1) is 26.2. The highest BCUT2D eigenvalue weighted by atomic mass is 16.7. The van der Waals surface area contributed by atoms with Crippen LogP contribution in [0.25, 0.3) is 0 Å². The van der Waals surface area contributed by atoms with E-state index in [-0.39, 0.29) is 59.6 Å². The third-order valence-corrected chi connectivity index (χ3v) is 10.6. The summed E-state index contributed by atoms with van der Waals surface area (Å²) in [5.41, 5.74) is -0.599. The van der Waals surface area contributed by atoms with Crippen LogP contribution < -0.4 is 0 Å². The molecule has 0 aromatic rings. The van der Waals surface area contributed by atoms with Gasteiger partial charge in [-0.05, 0) is 80.5 Å². The van der Waals surface area contributed by atoms with Crippen molar-refractivity contribution in [1.29, 1.82) is 0 Å². The lowest BCUT2D eigenvalue weighted by Crippen LogP contribution is -2.60. The Balaban J connectivity index is 1.52. The van der Waals surface area contributed by atoms with Crippen LogP contribution in [-0.4, -0.2) is 43.5 Å². The Kier molecular flexibility index (Phi) is 7.36. The van der Waals surface area contributed by atoms with E-state index in [4.69, 9.17) is 14.2 Å². The summed E-state index contributed by atoms with van der Waals surface area (Å²) < 4.78 is 15.3. The molecule has 4 rings (SSSR count). The van der Waals surface area contributed by atoms with Gasteiger partial charge in [0.15, 0.2) is 0 Å². The van der Waals surface area contributed by atoms with Gasteiger partial charge in [0.1, 0.15) is 17.7 Å². The number of ketones is 2. The van der Waals surface area contributed by atoms with Gasteiger partial charge >= 0.3 is 12.1 Å². The van der Waals surface area contributed by atoms with Crippen molar-refractivity contribution in [3.63, 3.8) is 0 Å². The highest BCUT2D eigenvalue weighted by molar-refractivity contribution is 5.92. The summed E-state index contributed by atoms with van der Waals surface area (Å²) in [6.07, 6.45) is 5.25. The maximum atomic E-state index is 13.9. The van der Waals surface area contributed by atoms with Crippen molar-refractivity contribution < 1.29 is 33.4 Å². The summed E-state index contributed by atoms with van der Waals surface area (Å²) in [5.74, 6) is 0.994. The lowest BCUT2D eigenvalue weighted by atomic mass is 9.43. The third kappa shape index (κ3) is 4.42. The highest BCUT2D eigenvalue weighted by Gasteiger charge is 2.66. The molecular formula is C28H42O7. The van der Waals surface area contributed by atoms with Crippen LogP contribution in [0.1, 0.15) is 85.5 Å². The van der Waals surface area contributed by atoms with Gasteiger partial charge in [-0.2, -0.15) is 0 Å². The molecule has 196 valence electrons. The standard InChI is InChI=1S/C28H42O7/c1-6-34-26(32)35-18-11-12-27(3)17(13-18)14-22(29)25-20-9-8-19(16(2)7-10-24(31)33-5)28(20,4)23(30)15-21(25)27/h16-21,25H,6-15H2,1-5H3/t16-,17-,18+,19-,20+,21-,25-,27+,28+/m0/s1. The molecule has 0 N–H and O–H groups in total. The van der Waals surface area contributed by atoms with Crippen LogP contribution in [-0.2, 0) is 28.6 Å². The first-order chi connectivity index (χ1) is 16.6. The Morgan fingerprint density at radius 1 is 1.09 bits per heavy atom. The average molecular weight is 491 g/mol. The average Bonchev–Trinajstić information content (AvgIpc) is 3.17. The second-order valence-corrected chi connectivity index (χ2v) is 12.0. The number of esters is 1. The van der Waals surface area contributed by atoms with E-state index in [9.17, 15) is 19.2 Å². The number of hydrogen-bond donors (Lipinski definition) is 0. The topological polar surface area (TPSA) is 96.0 Å². The van der Waals surface area contributed by atoms with E-state index in [0.717, 1.165) is 25.7 Å². The summed E-state index contributed by atoms with van der Waals surface area (Å²) in [6.45, 7) is 8.55. The van der Waals surface area contributed by atoms with Crippen LogP contribution >= 0.6 is 0 Å². The fourth-order valence-electron chi connectivity index (χ4n) is 8.60. The zero-order chi connectivity index (χ0) is 25.5. The Bertz CT molecular complexity index is 867. The number of carbonyl (C=O) groups excluding carboxylic acids is 4. The predicted octanol–water partition coefficient (Wildman–Crippen LogP) is 5.13. The second-order valence-electron chi connectivity index (χ2n) is 12.0. The molecule has 0 unspecified atom stereocenters. The lowest BCUT2D eigenvalue weighted by molar-refractivity contribution is -0.169. The SMILES string of the molecule is CCOC(=O)O[C@@H]1CC[C@]2(C)[C@H](CC(=O)[C@H]3[C@H]4CC[C@@H]([C@@H](C)CCC(=O)OC)[C@@]4(C)C(=O)C[C@@H]32)C1. The normalized spacial score (nSPS) is 41.3. The van der Waals surface area contributed by atoms with Gasteiger partial charge in [0, 0.05) is 30.6 Å². The van der Waals surface area contributed by atoms with Crippen molar-refractivity contribution in [3.8, 4) is 0 Å². The highest BCUT2D eigenvalue weighted by Crippen LogP contribution is 2.66. The number of Topliss-reactive ketones (excluding diaryl/α,β-unsaturated/α-hetero) is 2. The van der Waals surface area contributed by atoms with Crippen molar-refractivity contribution in [1.82, 2.24) is 0 Å². The molecule has 0 aromatic carbocycles. The summed E-state index contributed by atoms with van der Waals surface area (Å²) >= 11 is 0. The molecule has 35 heavy (non-hydrogen) atoms. The molecule has 0 saturated heterocycles. The van der Waals surface area contributed by atoms with Crippen LogP contribution in [0.5, 0.6) is 0 Å². The van der Waals surface area contributed by atoms with E-state index >= 15 is 0 Å². The zero-order valence-corrected chi connectivity index (χ0v) is 22.0. The van der Waals surface area contributed by atoms with Crippen molar-refractivity contribution in [2.24, 2.45) is 46.3 Å². The molecule has 0 bridgehead atoms. The van der Waals surface area contributed by atoms with Gasteiger partial charge in [-0.1, -0.05) is 20.8 Å². The molecular weight excluding hydrogens is 448 g/mol. The maximum absolute atomic E-state index is 13.9. The molecule has 4 fully saturated rings. The Hall–Kier alpha value is -1.92. The van der Waals surface area contributed by atoms with Crippen LogP contribution in [0.2, 0.25) is 0 Å². The predicted molar refractivity (Wildman–Crippen MR) is 128 cm³/mol. The Morgan fingerprint density at radius 2 is 1.83 bits per heavy atom. The molecule has 7 heteroatoms. The second kappa shape index (κ2) is 9.85. The van der Waals surface area contributed by atoms with E-state index in [0.29, 0.717) is 43.7 Å². The smallest absolute Gasteiger partial charge is 0.469 e. The molecule has 0 aromatic heterocycles. The van der Waals surface area contributed by atoms with Gasteiger partial charge < -0.3 is 14.2 Å². The van der Waals surface area contributed by atoms with Crippen molar-refractivity contribution in [3.05, 3.63) is 0 Å². The first-order valence-electron chi connectivity index (χ1n) is 13.5. The van der Waals surface area contributed by atoms with Gasteiger partial charge in [-0.3, -0.25) is 14.4 Å². The third-order valence-electron chi connectivity index (χ3n) is 10.6. The minimum absolute atomic E-state index is 0.0620. The number of carbonyl (C=O) groups is 4. The van der Waals surface area contributed by atoms with Crippen molar-refractivity contribution >= 4 is 23.7 Å². The summed E-state index contributed by atoms with van der Waals surface area (Å²) in [6, 6.07) is 0. The van der Waals surface area contributed by atoms with Gasteiger partial charge in [-0.15, -0.1) is 0 Å². The number of hydrogen-bond acceptors (Lipinski definition) is 7. The molecule has 0 spiro atoms. The molecule has 9 atom stereocenters. The van der Waals surface area contributed by atoms with E-state index in [1.54, 1.807) is 6.92 Å². The molecule has 7 nitrogen and oxygen atoms in total. The summed E-state index contributed by atoms with van der Waals surface area (Å²) in [7, 11) is 1.41. The van der Waals surface area contributed by atoms with Crippen LogP contribution in [0.4, 0.5) is 4.79 Å². The van der Waals surface area contributed by atoms with Crippen molar-refractivity contribution in [2.75, 3.05) is 13.7 Å². The monoisotopic (exact) mass is 490 g/mol. The maximum Gasteiger partial charge on any atom is 0.508 e. The summed E-state index contributed by atoms with van der Waals surface area (Å²) in [5, 5.41) is 0. The van der Waals surface area contributed by atoms with E-state index in [2.05, 4.69) is 20.8 Å². The van der Waals surface area contributed by atoms with Crippen LogP contribution in [0, 0.1) is 46.3 Å². The number of ether oxygens (including phenoxy) is 3. The van der Waals surface area contributed by atoms with Crippen molar-refractivity contribution in [2.45, 2.75) is 91.6 Å². The molecule has 4 saturated carbocycles. The molecule has 0 aliphatic heterocycles. The van der Waals surface area contributed by atoms with E-state index < -0.39 is 11.6 Å². The fraction of sp³-hybridized carbons (Fsp3) is 0.857. The number of fused-ring (bicyclic) bond motifs is 5. The van der Waals surface area contributed by atoms with Gasteiger partial charge in [0.05, 0.1) is 13.7 Å². The summed E-state index contributed by atoms with van der Waals surface area (Å²) in [4.78, 5) is 51.1. The Labute approximate surface area is 209 Å². The molecule has 4 aliphatic carbocycles. The van der Waals surface area contributed by atoms with E-state index in [1.165, 1.54) is 7.11 Å². The van der Waals surface area contributed by atoms with Crippen LogP contribution in [0.3, 0.4) is 0 Å². The molecule has 0 heterocycles. The van der Waals surface area contributed by atoms with Gasteiger partial charge in [0.2, 0.25) is 0 Å². The zero-order valence-electron chi connectivity index (χ0n) is 22.0. The van der Waals surface area contributed by atoms with Gasteiger partial charge in [-0.25, -0.2) is 4.79 Å². The minimum atomic E-state index is -0.636. The lowest BCUT2D eigenvalue weighted by Gasteiger charge is -2.59. The molecule has 4 aliphatic rings. The largest absolute Gasteiger partial charge is 0.508 e. The van der Waals surface area contributed by atoms with Gasteiger partial charge in [0.25, 0.3) is 0 Å². The van der Waals surface area contributed by atoms with Crippen LogP contribution in [0.15, 0.2) is 0 Å². The molecule has 0 amide bonds. The Morgan fingerprint density at radius 3 is 2.51 bits per heavy atom. The quantitative estimate of drug-likeness (QED) is 0.476.